The molecule has 140 valence electrons. The first-order valence-corrected chi connectivity index (χ1v) is 9.02. The molecule has 0 saturated carbocycles. The van der Waals surface area contributed by atoms with Gasteiger partial charge in [0.05, 0.1) is 27.6 Å². The Kier molecular flexibility index (Phi) is 4.85. The maximum atomic E-state index is 12.7. The lowest BCUT2D eigenvalue weighted by molar-refractivity contribution is -0.116. The Morgan fingerprint density at radius 3 is 2.46 bits per heavy atom. The first-order valence-electron chi connectivity index (χ1n) is 8.27. The van der Waals surface area contributed by atoms with Crippen molar-refractivity contribution < 1.29 is 4.79 Å². The number of hydrogen-bond acceptors (Lipinski definition) is 4. The lowest BCUT2D eigenvalue weighted by Crippen LogP contribution is -2.28. The molecule has 0 aliphatic heterocycles. The molecule has 0 aliphatic carbocycles. The highest BCUT2D eigenvalue weighted by atomic mass is 35.5. The van der Waals surface area contributed by atoms with Gasteiger partial charge in [-0.05, 0) is 24.3 Å². The quantitative estimate of drug-likeness (QED) is 0.554. The van der Waals surface area contributed by atoms with Gasteiger partial charge in [-0.15, -0.1) is 0 Å². The van der Waals surface area contributed by atoms with Crippen molar-refractivity contribution in [3.8, 4) is 5.69 Å². The van der Waals surface area contributed by atoms with E-state index in [4.69, 9.17) is 23.2 Å². The highest BCUT2D eigenvalue weighted by Crippen LogP contribution is 2.29. The Morgan fingerprint density at radius 2 is 1.75 bits per heavy atom. The van der Waals surface area contributed by atoms with E-state index in [0.29, 0.717) is 26.8 Å². The number of fused-ring (bicyclic) bond motifs is 1. The van der Waals surface area contributed by atoms with Crippen LogP contribution in [0.4, 0.5) is 5.69 Å². The first-order chi connectivity index (χ1) is 13.5. The van der Waals surface area contributed by atoms with Crippen LogP contribution in [0.1, 0.15) is 0 Å². The summed E-state index contributed by atoms with van der Waals surface area (Å²) in [4.78, 5) is 29.4. The van der Waals surface area contributed by atoms with Gasteiger partial charge in [-0.25, -0.2) is 9.67 Å². The van der Waals surface area contributed by atoms with Gasteiger partial charge in [-0.1, -0.05) is 47.5 Å². The zero-order valence-corrected chi connectivity index (χ0v) is 15.9. The van der Waals surface area contributed by atoms with Crippen molar-refractivity contribution in [1.29, 1.82) is 0 Å². The Bertz CT molecular complexity index is 1210. The number of rotatable bonds is 4. The summed E-state index contributed by atoms with van der Waals surface area (Å²) in [7, 11) is 0. The molecule has 0 unspecified atom stereocenters. The summed E-state index contributed by atoms with van der Waals surface area (Å²) in [5, 5.41) is 7.80. The second-order valence-corrected chi connectivity index (χ2v) is 6.77. The first kappa shape index (κ1) is 18.2. The molecular formula is C19H13Cl2N5O2. The second kappa shape index (κ2) is 7.46. The van der Waals surface area contributed by atoms with Crippen LogP contribution >= 0.6 is 23.2 Å². The number of nitrogens with one attached hydrogen (secondary N) is 1. The van der Waals surface area contributed by atoms with E-state index in [1.54, 1.807) is 22.9 Å². The van der Waals surface area contributed by atoms with Gasteiger partial charge in [0.2, 0.25) is 5.91 Å². The number of carbonyl (C=O) groups is 1. The van der Waals surface area contributed by atoms with E-state index in [0.717, 1.165) is 5.69 Å². The predicted molar refractivity (Wildman–Crippen MR) is 108 cm³/mol. The summed E-state index contributed by atoms with van der Waals surface area (Å²) in [6.45, 7) is -0.236. The summed E-state index contributed by atoms with van der Waals surface area (Å²) in [6, 6.07) is 14.2. The lowest BCUT2D eigenvalue weighted by Gasteiger charge is -2.10. The molecule has 0 saturated heterocycles. The number of amides is 1. The average Bonchev–Trinajstić information content (AvgIpc) is 3.13. The Labute approximate surface area is 169 Å². The monoisotopic (exact) mass is 413 g/mol. The minimum absolute atomic E-state index is 0.236. The zero-order chi connectivity index (χ0) is 19.7. The summed E-state index contributed by atoms with van der Waals surface area (Å²) in [6.07, 6.45) is 2.76. The van der Waals surface area contributed by atoms with Gasteiger partial charge in [0, 0.05) is 0 Å². The van der Waals surface area contributed by atoms with E-state index >= 15 is 0 Å². The molecule has 0 aliphatic rings. The third-order valence-corrected chi connectivity index (χ3v) is 4.73. The van der Waals surface area contributed by atoms with E-state index in [-0.39, 0.29) is 12.1 Å². The van der Waals surface area contributed by atoms with Crippen molar-refractivity contribution >= 4 is 45.8 Å². The van der Waals surface area contributed by atoms with Crippen molar-refractivity contribution in [2.75, 3.05) is 5.32 Å². The van der Waals surface area contributed by atoms with Crippen LogP contribution in [0.3, 0.4) is 0 Å². The second-order valence-electron chi connectivity index (χ2n) is 5.95. The molecular weight excluding hydrogens is 401 g/mol. The van der Waals surface area contributed by atoms with E-state index < -0.39 is 5.91 Å². The maximum Gasteiger partial charge on any atom is 0.264 e. The fourth-order valence-electron chi connectivity index (χ4n) is 2.77. The number of anilines is 1. The largest absolute Gasteiger partial charge is 0.322 e. The molecule has 7 nitrogen and oxygen atoms in total. The highest BCUT2D eigenvalue weighted by molar-refractivity contribution is 6.39. The topological polar surface area (TPSA) is 81.8 Å². The van der Waals surface area contributed by atoms with Crippen molar-refractivity contribution in [2.24, 2.45) is 0 Å². The smallest absolute Gasteiger partial charge is 0.264 e. The Morgan fingerprint density at radius 1 is 1.04 bits per heavy atom. The van der Waals surface area contributed by atoms with Gasteiger partial charge in [-0.2, -0.15) is 5.10 Å². The van der Waals surface area contributed by atoms with Crippen LogP contribution in [-0.2, 0) is 11.3 Å². The molecule has 28 heavy (non-hydrogen) atoms. The molecule has 9 heteroatoms. The minimum atomic E-state index is -0.450. The standard InChI is InChI=1S/C19H13Cl2N5O2/c20-14-7-4-8-15(21)17(14)24-16(27)10-25-11-22-18-13(19(25)28)9-23-26(18)12-5-2-1-3-6-12/h1-9,11H,10H2,(H,24,27). The highest BCUT2D eigenvalue weighted by Gasteiger charge is 2.14. The molecule has 2 aromatic heterocycles. The third kappa shape index (κ3) is 3.37. The molecule has 0 radical (unpaired) electrons. The predicted octanol–water partition coefficient (Wildman–Crippen LogP) is 3.53. The number of aromatic nitrogens is 4. The van der Waals surface area contributed by atoms with E-state index in [1.807, 2.05) is 30.3 Å². The van der Waals surface area contributed by atoms with Crippen LogP contribution in [0.5, 0.6) is 0 Å². The number of para-hydroxylation sites is 2. The van der Waals surface area contributed by atoms with Crippen LogP contribution in [0, 0.1) is 0 Å². The van der Waals surface area contributed by atoms with Crippen molar-refractivity contribution in [2.45, 2.75) is 6.54 Å². The van der Waals surface area contributed by atoms with Crippen molar-refractivity contribution in [3.05, 3.63) is 81.5 Å². The average molecular weight is 414 g/mol. The van der Waals surface area contributed by atoms with Gasteiger partial charge in [0.1, 0.15) is 18.3 Å². The van der Waals surface area contributed by atoms with Crippen molar-refractivity contribution in [1.82, 2.24) is 19.3 Å². The number of nitrogens with zero attached hydrogens (tertiary/aromatic N) is 4. The van der Waals surface area contributed by atoms with E-state index in [1.165, 1.54) is 17.1 Å². The summed E-state index contributed by atoms with van der Waals surface area (Å²) < 4.78 is 2.78. The third-order valence-electron chi connectivity index (χ3n) is 4.10. The molecule has 1 amide bonds. The number of hydrogen-bond donors (Lipinski definition) is 1. The summed E-state index contributed by atoms with van der Waals surface area (Å²) in [5.41, 5.74) is 1.14. The summed E-state index contributed by atoms with van der Waals surface area (Å²) in [5.74, 6) is -0.450. The van der Waals surface area contributed by atoms with E-state index in [9.17, 15) is 9.59 Å². The van der Waals surface area contributed by atoms with Gasteiger partial charge < -0.3 is 5.32 Å². The van der Waals surface area contributed by atoms with Crippen molar-refractivity contribution in [3.63, 3.8) is 0 Å². The number of benzene rings is 2. The lowest BCUT2D eigenvalue weighted by atomic mass is 10.3. The Balaban J connectivity index is 1.63. The van der Waals surface area contributed by atoms with Crippen LogP contribution in [0.15, 0.2) is 65.8 Å². The molecule has 2 heterocycles. The maximum absolute atomic E-state index is 12.7. The number of halogens is 2. The van der Waals surface area contributed by atoms with Gasteiger partial charge in [0.15, 0.2) is 5.65 Å². The Hall–Kier alpha value is -3.16. The van der Waals surface area contributed by atoms with Crippen LogP contribution in [0.25, 0.3) is 16.7 Å². The molecule has 4 rings (SSSR count). The molecule has 2 aromatic carbocycles. The van der Waals surface area contributed by atoms with E-state index in [2.05, 4.69) is 15.4 Å². The van der Waals surface area contributed by atoms with Crippen LogP contribution in [-0.4, -0.2) is 25.2 Å². The molecule has 4 aromatic rings. The molecule has 0 spiro atoms. The molecule has 0 fully saturated rings. The normalized spacial score (nSPS) is 10.9. The van der Waals surface area contributed by atoms with Gasteiger partial charge >= 0.3 is 0 Å². The minimum Gasteiger partial charge on any atom is -0.322 e. The SMILES string of the molecule is O=C(Cn1cnc2c(cnn2-c2ccccc2)c1=O)Nc1c(Cl)cccc1Cl. The fourth-order valence-corrected chi connectivity index (χ4v) is 3.26. The van der Waals surface area contributed by atoms with Crippen LogP contribution in [0.2, 0.25) is 10.0 Å². The zero-order valence-electron chi connectivity index (χ0n) is 14.3. The van der Waals surface area contributed by atoms with Crippen LogP contribution < -0.4 is 10.9 Å². The van der Waals surface area contributed by atoms with Gasteiger partial charge in [0.25, 0.3) is 5.56 Å². The number of carbonyl (C=O) groups excluding carboxylic acids is 1. The summed E-state index contributed by atoms with van der Waals surface area (Å²) >= 11 is 12.1. The fraction of sp³-hybridized carbons (Fsp3) is 0.0526. The molecule has 1 N–H and O–H groups in total. The van der Waals surface area contributed by atoms with Gasteiger partial charge in [-0.3, -0.25) is 14.2 Å². The molecule has 0 atom stereocenters. The molecule has 0 bridgehead atoms.